The summed E-state index contributed by atoms with van der Waals surface area (Å²) in [7, 11) is 4.16. The largest absolute Gasteiger partial charge is 0.368 e. The van der Waals surface area contributed by atoms with Crippen molar-refractivity contribution >= 4 is 5.82 Å². The Morgan fingerprint density at radius 1 is 0.840 bits per heavy atom. The molecule has 0 unspecified atom stereocenters. The molecule has 0 radical (unpaired) electrons. The van der Waals surface area contributed by atoms with Crippen LogP contribution in [0.15, 0.2) is 60.7 Å². The van der Waals surface area contributed by atoms with E-state index in [1.165, 1.54) is 0 Å². The first-order chi connectivity index (χ1) is 12.2. The molecule has 5 nitrogen and oxygen atoms in total. The minimum atomic E-state index is 0.635. The highest BCUT2D eigenvalue weighted by Crippen LogP contribution is 2.25. The summed E-state index contributed by atoms with van der Waals surface area (Å²) in [5, 5.41) is 12.2. The first-order valence-electron chi connectivity index (χ1n) is 8.48. The van der Waals surface area contributed by atoms with Gasteiger partial charge in [0.05, 0.1) is 0 Å². The van der Waals surface area contributed by atoms with Crippen molar-refractivity contribution in [2.45, 2.75) is 6.42 Å². The number of nitrogens with zero attached hydrogens (tertiary/aromatic N) is 4. The standard InChI is InChI=1S/C20H23N5/c1-25(2)15-9-14-21-20-18(16-10-5-3-6-11-16)23-24-19(22-20)17-12-7-4-8-13-17/h3-8,10-13H,9,14-15H2,1-2H3,(H,21,22,24). The van der Waals surface area contributed by atoms with E-state index in [-0.39, 0.29) is 0 Å². The molecule has 0 spiro atoms. The molecule has 0 aliphatic carbocycles. The minimum Gasteiger partial charge on any atom is -0.368 e. The van der Waals surface area contributed by atoms with Crippen molar-refractivity contribution in [3.05, 3.63) is 60.7 Å². The van der Waals surface area contributed by atoms with Crippen LogP contribution in [0.25, 0.3) is 22.6 Å². The van der Waals surface area contributed by atoms with Gasteiger partial charge in [-0.3, -0.25) is 0 Å². The number of aromatic nitrogens is 3. The fourth-order valence-corrected chi connectivity index (χ4v) is 2.55. The molecule has 1 aromatic heterocycles. The molecule has 3 aromatic rings. The van der Waals surface area contributed by atoms with E-state index in [9.17, 15) is 0 Å². The molecule has 0 bridgehead atoms. The lowest BCUT2D eigenvalue weighted by atomic mass is 10.1. The summed E-state index contributed by atoms with van der Waals surface area (Å²) in [5.74, 6) is 1.41. The molecule has 25 heavy (non-hydrogen) atoms. The summed E-state index contributed by atoms with van der Waals surface area (Å²) >= 11 is 0. The van der Waals surface area contributed by atoms with Gasteiger partial charge in [0.15, 0.2) is 11.6 Å². The summed E-state index contributed by atoms with van der Waals surface area (Å²) < 4.78 is 0. The molecule has 0 fully saturated rings. The van der Waals surface area contributed by atoms with Crippen LogP contribution in [0.1, 0.15) is 6.42 Å². The summed E-state index contributed by atoms with van der Waals surface area (Å²) in [6.07, 6.45) is 1.03. The summed E-state index contributed by atoms with van der Waals surface area (Å²) in [6.45, 7) is 1.86. The zero-order chi connectivity index (χ0) is 17.5. The van der Waals surface area contributed by atoms with Gasteiger partial charge in [0.25, 0.3) is 0 Å². The maximum absolute atomic E-state index is 4.74. The summed E-state index contributed by atoms with van der Waals surface area (Å²) in [5.41, 5.74) is 2.76. The molecular formula is C20H23N5. The second kappa shape index (κ2) is 8.35. The SMILES string of the molecule is CN(C)CCCNc1nc(-c2ccccc2)nnc1-c1ccccc1. The van der Waals surface area contributed by atoms with Gasteiger partial charge in [-0.05, 0) is 27.1 Å². The van der Waals surface area contributed by atoms with Crippen LogP contribution >= 0.6 is 0 Å². The van der Waals surface area contributed by atoms with E-state index in [1.54, 1.807) is 0 Å². The van der Waals surface area contributed by atoms with Gasteiger partial charge in [0.1, 0.15) is 5.69 Å². The van der Waals surface area contributed by atoms with Gasteiger partial charge in [-0.25, -0.2) is 4.98 Å². The molecule has 3 rings (SSSR count). The fraction of sp³-hybridized carbons (Fsp3) is 0.250. The van der Waals surface area contributed by atoms with E-state index >= 15 is 0 Å². The molecule has 0 aliphatic rings. The van der Waals surface area contributed by atoms with E-state index in [0.717, 1.165) is 42.1 Å². The molecule has 0 amide bonds. The average Bonchev–Trinajstić information content (AvgIpc) is 2.66. The fourth-order valence-electron chi connectivity index (χ4n) is 2.55. The second-order valence-electron chi connectivity index (χ2n) is 6.15. The van der Waals surface area contributed by atoms with Gasteiger partial charge in [-0.1, -0.05) is 60.7 Å². The normalized spacial score (nSPS) is 10.8. The van der Waals surface area contributed by atoms with Crippen LogP contribution in [-0.4, -0.2) is 47.3 Å². The molecule has 2 aromatic carbocycles. The second-order valence-corrected chi connectivity index (χ2v) is 6.15. The summed E-state index contributed by atoms with van der Waals surface area (Å²) in [6, 6.07) is 20.0. The van der Waals surface area contributed by atoms with E-state index in [1.807, 2.05) is 60.7 Å². The highest BCUT2D eigenvalue weighted by atomic mass is 15.2. The van der Waals surface area contributed by atoms with E-state index in [2.05, 4.69) is 34.5 Å². The Labute approximate surface area is 148 Å². The van der Waals surface area contributed by atoms with Crippen molar-refractivity contribution in [3.8, 4) is 22.6 Å². The number of anilines is 1. The lowest BCUT2D eigenvalue weighted by Gasteiger charge is -2.13. The number of hydrogen-bond acceptors (Lipinski definition) is 5. The van der Waals surface area contributed by atoms with Gasteiger partial charge < -0.3 is 10.2 Å². The van der Waals surface area contributed by atoms with Crippen LogP contribution in [0.2, 0.25) is 0 Å². The van der Waals surface area contributed by atoms with Crippen molar-refractivity contribution in [2.75, 3.05) is 32.5 Å². The maximum Gasteiger partial charge on any atom is 0.183 e. The van der Waals surface area contributed by atoms with Crippen LogP contribution in [0, 0.1) is 0 Å². The van der Waals surface area contributed by atoms with Gasteiger partial charge in [-0.2, -0.15) is 0 Å². The van der Waals surface area contributed by atoms with Crippen molar-refractivity contribution in [1.29, 1.82) is 0 Å². The van der Waals surface area contributed by atoms with Crippen LogP contribution in [0.3, 0.4) is 0 Å². The molecule has 0 saturated carbocycles. The third kappa shape index (κ3) is 4.61. The molecule has 128 valence electrons. The third-order valence-electron chi connectivity index (χ3n) is 3.84. The van der Waals surface area contributed by atoms with Crippen LogP contribution < -0.4 is 5.32 Å². The van der Waals surface area contributed by atoms with Crippen LogP contribution in [-0.2, 0) is 0 Å². The Morgan fingerprint density at radius 3 is 2.12 bits per heavy atom. The number of rotatable bonds is 7. The molecule has 5 heteroatoms. The first kappa shape index (κ1) is 17.0. The van der Waals surface area contributed by atoms with Gasteiger partial charge in [0, 0.05) is 17.7 Å². The van der Waals surface area contributed by atoms with Crippen molar-refractivity contribution in [3.63, 3.8) is 0 Å². The molecule has 0 aliphatic heterocycles. The van der Waals surface area contributed by atoms with Crippen LogP contribution in [0.4, 0.5) is 5.82 Å². The smallest absolute Gasteiger partial charge is 0.183 e. The van der Waals surface area contributed by atoms with Crippen molar-refractivity contribution in [2.24, 2.45) is 0 Å². The van der Waals surface area contributed by atoms with Crippen molar-refractivity contribution < 1.29 is 0 Å². The Kier molecular flexibility index (Phi) is 5.69. The van der Waals surface area contributed by atoms with E-state index < -0.39 is 0 Å². The predicted octanol–water partition coefficient (Wildman–Crippen LogP) is 3.57. The van der Waals surface area contributed by atoms with Gasteiger partial charge >= 0.3 is 0 Å². The monoisotopic (exact) mass is 333 g/mol. The first-order valence-corrected chi connectivity index (χ1v) is 8.48. The van der Waals surface area contributed by atoms with Gasteiger partial charge in [0.2, 0.25) is 0 Å². The lowest BCUT2D eigenvalue weighted by molar-refractivity contribution is 0.405. The zero-order valence-electron chi connectivity index (χ0n) is 14.7. The van der Waals surface area contributed by atoms with Crippen molar-refractivity contribution in [1.82, 2.24) is 20.1 Å². The summed E-state index contributed by atoms with van der Waals surface area (Å²) in [4.78, 5) is 6.91. The van der Waals surface area contributed by atoms with E-state index in [0.29, 0.717) is 5.82 Å². The Morgan fingerprint density at radius 2 is 1.48 bits per heavy atom. The third-order valence-corrected chi connectivity index (χ3v) is 3.84. The number of nitrogens with one attached hydrogen (secondary N) is 1. The molecule has 1 N–H and O–H groups in total. The van der Waals surface area contributed by atoms with Crippen LogP contribution in [0.5, 0.6) is 0 Å². The lowest BCUT2D eigenvalue weighted by Crippen LogP contribution is -2.17. The Hall–Kier alpha value is -2.79. The maximum atomic E-state index is 4.74. The topological polar surface area (TPSA) is 53.9 Å². The average molecular weight is 333 g/mol. The predicted molar refractivity (Wildman–Crippen MR) is 102 cm³/mol. The highest BCUT2D eigenvalue weighted by molar-refractivity contribution is 5.72. The number of hydrogen-bond donors (Lipinski definition) is 1. The highest BCUT2D eigenvalue weighted by Gasteiger charge is 2.12. The quantitative estimate of drug-likeness (QED) is 0.670. The minimum absolute atomic E-state index is 0.635. The van der Waals surface area contributed by atoms with E-state index in [4.69, 9.17) is 4.98 Å². The molecule has 0 saturated heterocycles. The van der Waals surface area contributed by atoms with Gasteiger partial charge in [-0.15, -0.1) is 10.2 Å². The number of benzene rings is 2. The molecular weight excluding hydrogens is 310 g/mol. The zero-order valence-corrected chi connectivity index (χ0v) is 14.7. The Bertz CT molecular complexity index is 788. The molecule has 0 atom stereocenters. The molecule has 1 heterocycles. The Balaban J connectivity index is 1.89.